The molecule has 0 N–H and O–H groups in total. The van der Waals surface area contributed by atoms with Crippen molar-refractivity contribution in [3.63, 3.8) is 0 Å². The SMILES string of the molecule is CCc1cc(Oc2ccc(C(C)=O)cc2)nc(SCc2cccc(Cl)c2)n1. The van der Waals surface area contributed by atoms with Gasteiger partial charge in [-0.3, -0.25) is 4.79 Å². The number of ether oxygens (including phenoxy) is 1. The Morgan fingerprint density at radius 3 is 2.56 bits per heavy atom. The second kappa shape index (κ2) is 9.02. The van der Waals surface area contributed by atoms with Crippen LogP contribution < -0.4 is 4.74 Å². The van der Waals surface area contributed by atoms with Gasteiger partial charge in [-0.1, -0.05) is 42.4 Å². The lowest BCUT2D eigenvalue weighted by Crippen LogP contribution is -1.98. The van der Waals surface area contributed by atoms with E-state index in [2.05, 4.69) is 9.97 Å². The molecule has 0 radical (unpaired) electrons. The van der Waals surface area contributed by atoms with Crippen LogP contribution in [-0.4, -0.2) is 15.8 Å². The molecule has 0 aliphatic rings. The van der Waals surface area contributed by atoms with Crippen molar-refractivity contribution in [1.82, 2.24) is 9.97 Å². The maximum Gasteiger partial charge on any atom is 0.223 e. The van der Waals surface area contributed by atoms with E-state index >= 15 is 0 Å². The molecule has 0 aliphatic carbocycles. The number of carbonyl (C=O) groups is 1. The van der Waals surface area contributed by atoms with Gasteiger partial charge in [0.15, 0.2) is 10.9 Å². The molecule has 1 aromatic heterocycles. The standard InChI is InChI=1S/C21H19ClN2O2S/c1-3-18-12-20(26-19-9-7-16(8-10-19)14(2)25)24-21(23-18)27-13-15-5-4-6-17(22)11-15/h4-12H,3,13H2,1-2H3. The maximum absolute atomic E-state index is 11.4. The van der Waals surface area contributed by atoms with Crippen LogP contribution in [0.2, 0.25) is 5.02 Å². The fraction of sp³-hybridized carbons (Fsp3) is 0.190. The van der Waals surface area contributed by atoms with Crippen molar-refractivity contribution in [3.8, 4) is 11.6 Å². The van der Waals surface area contributed by atoms with E-state index < -0.39 is 0 Å². The zero-order chi connectivity index (χ0) is 19.2. The van der Waals surface area contributed by atoms with E-state index in [4.69, 9.17) is 16.3 Å². The molecule has 0 saturated carbocycles. The summed E-state index contributed by atoms with van der Waals surface area (Å²) in [5.74, 6) is 1.87. The highest BCUT2D eigenvalue weighted by atomic mass is 35.5. The van der Waals surface area contributed by atoms with Crippen LogP contribution in [0, 0.1) is 0 Å². The molecule has 0 atom stereocenters. The number of carbonyl (C=O) groups excluding carboxylic acids is 1. The van der Waals surface area contributed by atoms with Crippen molar-refractivity contribution in [2.75, 3.05) is 0 Å². The van der Waals surface area contributed by atoms with Gasteiger partial charge in [-0.2, -0.15) is 4.98 Å². The fourth-order valence-electron chi connectivity index (χ4n) is 2.40. The lowest BCUT2D eigenvalue weighted by atomic mass is 10.1. The van der Waals surface area contributed by atoms with E-state index in [1.807, 2.05) is 37.3 Å². The Hall–Kier alpha value is -2.37. The third kappa shape index (κ3) is 5.55. The number of halogens is 1. The first-order valence-electron chi connectivity index (χ1n) is 8.57. The van der Waals surface area contributed by atoms with E-state index in [-0.39, 0.29) is 5.78 Å². The summed E-state index contributed by atoms with van der Waals surface area (Å²) in [6, 6.07) is 16.6. The van der Waals surface area contributed by atoms with Crippen LogP contribution in [0.1, 0.15) is 35.5 Å². The fourth-order valence-corrected chi connectivity index (χ4v) is 3.42. The van der Waals surface area contributed by atoms with Crippen molar-refractivity contribution in [2.45, 2.75) is 31.2 Å². The minimum absolute atomic E-state index is 0.0246. The molecule has 3 aromatic rings. The van der Waals surface area contributed by atoms with Gasteiger partial charge >= 0.3 is 0 Å². The largest absolute Gasteiger partial charge is 0.439 e. The molecule has 0 bridgehead atoms. The molecule has 0 aliphatic heterocycles. The van der Waals surface area contributed by atoms with Crippen molar-refractivity contribution in [1.29, 1.82) is 0 Å². The first-order chi connectivity index (χ1) is 13.0. The zero-order valence-electron chi connectivity index (χ0n) is 15.1. The Kier molecular flexibility index (Phi) is 6.48. The first-order valence-corrected chi connectivity index (χ1v) is 9.94. The van der Waals surface area contributed by atoms with E-state index in [1.54, 1.807) is 24.3 Å². The molecule has 0 amide bonds. The molecular weight excluding hydrogens is 380 g/mol. The van der Waals surface area contributed by atoms with Gasteiger partial charge < -0.3 is 4.74 Å². The Labute approximate surface area is 168 Å². The molecular formula is C21H19ClN2O2S. The van der Waals surface area contributed by atoms with E-state index in [0.717, 1.165) is 23.4 Å². The second-order valence-electron chi connectivity index (χ2n) is 5.93. The van der Waals surface area contributed by atoms with Gasteiger partial charge in [0.05, 0.1) is 0 Å². The normalized spacial score (nSPS) is 10.6. The second-order valence-corrected chi connectivity index (χ2v) is 7.31. The van der Waals surface area contributed by atoms with Gasteiger partial charge in [-0.05, 0) is 55.3 Å². The average Bonchev–Trinajstić information content (AvgIpc) is 2.66. The van der Waals surface area contributed by atoms with Crippen molar-refractivity contribution in [3.05, 3.63) is 76.4 Å². The Bertz CT molecular complexity index is 945. The quantitative estimate of drug-likeness (QED) is 0.278. The molecule has 6 heteroatoms. The van der Waals surface area contributed by atoms with Gasteiger partial charge in [0.25, 0.3) is 0 Å². The maximum atomic E-state index is 11.4. The van der Waals surface area contributed by atoms with Gasteiger partial charge in [0.1, 0.15) is 5.75 Å². The molecule has 0 saturated heterocycles. The summed E-state index contributed by atoms with van der Waals surface area (Å²) in [4.78, 5) is 20.4. The van der Waals surface area contributed by atoms with Gasteiger partial charge in [0, 0.05) is 28.1 Å². The molecule has 0 spiro atoms. The van der Waals surface area contributed by atoms with Crippen LogP contribution in [0.15, 0.2) is 59.8 Å². The molecule has 2 aromatic carbocycles. The van der Waals surface area contributed by atoms with Crippen LogP contribution in [-0.2, 0) is 12.2 Å². The van der Waals surface area contributed by atoms with Crippen molar-refractivity contribution >= 4 is 29.1 Å². The molecule has 138 valence electrons. The van der Waals surface area contributed by atoms with E-state index in [0.29, 0.717) is 27.4 Å². The van der Waals surface area contributed by atoms with Crippen LogP contribution in [0.3, 0.4) is 0 Å². The van der Waals surface area contributed by atoms with Crippen LogP contribution >= 0.6 is 23.4 Å². The number of ketones is 1. The highest BCUT2D eigenvalue weighted by Crippen LogP contribution is 2.26. The number of aryl methyl sites for hydroxylation is 1. The third-order valence-corrected chi connectivity index (χ3v) is 4.99. The molecule has 0 fully saturated rings. The molecule has 0 unspecified atom stereocenters. The Morgan fingerprint density at radius 2 is 1.89 bits per heavy atom. The van der Waals surface area contributed by atoms with Crippen LogP contribution in [0.5, 0.6) is 11.6 Å². The number of aromatic nitrogens is 2. The number of thioether (sulfide) groups is 1. The number of benzene rings is 2. The average molecular weight is 399 g/mol. The van der Waals surface area contributed by atoms with Crippen molar-refractivity contribution < 1.29 is 9.53 Å². The predicted molar refractivity (Wildman–Crippen MR) is 109 cm³/mol. The van der Waals surface area contributed by atoms with E-state index in [1.165, 1.54) is 18.7 Å². The smallest absolute Gasteiger partial charge is 0.223 e. The van der Waals surface area contributed by atoms with Gasteiger partial charge in [0.2, 0.25) is 5.88 Å². The van der Waals surface area contributed by atoms with Crippen LogP contribution in [0.4, 0.5) is 0 Å². The summed E-state index contributed by atoms with van der Waals surface area (Å²) < 4.78 is 5.87. The zero-order valence-corrected chi connectivity index (χ0v) is 16.7. The number of rotatable bonds is 7. The number of nitrogens with zero attached hydrogens (tertiary/aromatic N) is 2. The monoisotopic (exact) mass is 398 g/mol. The summed E-state index contributed by atoms with van der Waals surface area (Å²) in [6.45, 7) is 3.58. The van der Waals surface area contributed by atoms with E-state index in [9.17, 15) is 4.79 Å². The van der Waals surface area contributed by atoms with Crippen LogP contribution in [0.25, 0.3) is 0 Å². The predicted octanol–water partition coefficient (Wildman–Crippen LogP) is 5.98. The van der Waals surface area contributed by atoms with Crippen molar-refractivity contribution in [2.24, 2.45) is 0 Å². The highest BCUT2D eigenvalue weighted by Gasteiger charge is 2.08. The molecule has 27 heavy (non-hydrogen) atoms. The summed E-state index contributed by atoms with van der Waals surface area (Å²) in [5, 5.41) is 1.37. The minimum atomic E-state index is 0.0246. The summed E-state index contributed by atoms with van der Waals surface area (Å²) in [7, 11) is 0. The summed E-state index contributed by atoms with van der Waals surface area (Å²) >= 11 is 7.58. The Balaban J connectivity index is 1.75. The molecule has 1 heterocycles. The molecule has 4 nitrogen and oxygen atoms in total. The van der Waals surface area contributed by atoms with Gasteiger partial charge in [-0.25, -0.2) is 4.98 Å². The number of hydrogen-bond donors (Lipinski definition) is 0. The third-order valence-electron chi connectivity index (χ3n) is 3.84. The first kappa shape index (κ1) is 19.4. The lowest BCUT2D eigenvalue weighted by Gasteiger charge is -2.09. The molecule has 3 rings (SSSR count). The summed E-state index contributed by atoms with van der Waals surface area (Å²) in [5.41, 5.74) is 2.67. The minimum Gasteiger partial charge on any atom is -0.439 e. The number of Topliss-reactive ketones (excluding diaryl/α,β-unsaturated/α-hetero) is 1. The topological polar surface area (TPSA) is 52.1 Å². The Morgan fingerprint density at radius 1 is 1.11 bits per heavy atom. The summed E-state index contributed by atoms with van der Waals surface area (Å²) in [6.07, 6.45) is 0.785. The van der Waals surface area contributed by atoms with Gasteiger partial charge in [-0.15, -0.1) is 0 Å². The highest BCUT2D eigenvalue weighted by molar-refractivity contribution is 7.98. The lowest BCUT2D eigenvalue weighted by molar-refractivity contribution is 0.101. The number of hydrogen-bond acceptors (Lipinski definition) is 5.